The fraction of sp³-hybridized carbons (Fsp3) is 0.375. The Bertz CT molecular complexity index is 1240. The van der Waals surface area contributed by atoms with Crippen molar-refractivity contribution in [3.05, 3.63) is 63.2 Å². The van der Waals surface area contributed by atoms with E-state index < -0.39 is 0 Å². The normalized spacial score (nSPS) is 15.8. The number of nitrogens with zero attached hydrogens (tertiary/aromatic N) is 4. The summed E-state index contributed by atoms with van der Waals surface area (Å²) < 4.78 is 0. The molecular weight excluding hydrogens is 452 g/mol. The van der Waals surface area contributed by atoms with Gasteiger partial charge in [0.15, 0.2) is 5.13 Å². The van der Waals surface area contributed by atoms with Crippen LogP contribution >= 0.6 is 22.7 Å². The lowest BCUT2D eigenvalue weighted by atomic mass is 10.1. The van der Waals surface area contributed by atoms with E-state index in [0.717, 1.165) is 53.9 Å². The highest BCUT2D eigenvalue weighted by Crippen LogP contribution is 2.28. The number of fused-ring (bicyclic) bond motifs is 1. The van der Waals surface area contributed by atoms with Crippen molar-refractivity contribution < 1.29 is 4.79 Å². The summed E-state index contributed by atoms with van der Waals surface area (Å²) >= 11 is 3.08. The Morgan fingerprint density at radius 1 is 1.24 bits per heavy atom. The molecule has 0 saturated carbocycles. The molecule has 2 N–H and O–H groups in total. The molecule has 0 radical (unpaired) electrons. The number of H-pyrrole nitrogens is 1. The van der Waals surface area contributed by atoms with Crippen LogP contribution in [0.1, 0.15) is 38.9 Å². The van der Waals surface area contributed by atoms with Crippen LogP contribution in [-0.4, -0.2) is 59.0 Å². The van der Waals surface area contributed by atoms with Crippen molar-refractivity contribution in [1.82, 2.24) is 25.2 Å². The Morgan fingerprint density at radius 3 is 2.85 bits per heavy atom. The van der Waals surface area contributed by atoms with Crippen molar-refractivity contribution in [2.45, 2.75) is 25.8 Å². The fourth-order valence-electron chi connectivity index (χ4n) is 4.11. The van der Waals surface area contributed by atoms with E-state index in [-0.39, 0.29) is 11.9 Å². The number of aromatic amines is 1. The van der Waals surface area contributed by atoms with E-state index in [2.05, 4.69) is 56.6 Å². The summed E-state index contributed by atoms with van der Waals surface area (Å²) in [5.41, 5.74) is 3.33. The molecule has 172 valence electrons. The van der Waals surface area contributed by atoms with E-state index in [0.29, 0.717) is 11.3 Å². The molecule has 0 spiro atoms. The largest absolute Gasteiger partial charge is 0.361 e. The number of thiazole rings is 2. The molecule has 9 heteroatoms. The minimum absolute atomic E-state index is 0.0917. The molecule has 1 saturated heterocycles. The number of carbonyl (C=O) groups excluding carboxylic acids is 1. The number of amides is 1. The third kappa shape index (κ3) is 4.80. The maximum Gasteiger partial charge on any atom is 0.263 e. The van der Waals surface area contributed by atoms with Crippen LogP contribution in [0.15, 0.2) is 42.0 Å². The van der Waals surface area contributed by atoms with E-state index in [4.69, 9.17) is 4.98 Å². The summed E-state index contributed by atoms with van der Waals surface area (Å²) in [6.45, 7) is 6.00. The fourth-order valence-corrected chi connectivity index (χ4v) is 5.93. The van der Waals surface area contributed by atoms with Gasteiger partial charge in [-0.25, -0.2) is 9.97 Å². The molecule has 3 aromatic heterocycles. The molecule has 33 heavy (non-hydrogen) atoms. The van der Waals surface area contributed by atoms with Crippen molar-refractivity contribution in [2.24, 2.45) is 0 Å². The summed E-state index contributed by atoms with van der Waals surface area (Å²) in [6, 6.07) is 8.06. The maximum atomic E-state index is 13.2. The average Bonchev–Trinajstić information content (AvgIpc) is 3.59. The molecule has 1 aliphatic heterocycles. The van der Waals surface area contributed by atoms with Gasteiger partial charge in [0.1, 0.15) is 9.88 Å². The van der Waals surface area contributed by atoms with Crippen molar-refractivity contribution in [1.29, 1.82) is 0 Å². The molecular formula is C24H28N6OS2. The summed E-state index contributed by atoms with van der Waals surface area (Å²) in [4.78, 5) is 31.1. The summed E-state index contributed by atoms with van der Waals surface area (Å²) in [7, 11) is 2.13. The van der Waals surface area contributed by atoms with Crippen molar-refractivity contribution >= 4 is 44.6 Å². The lowest BCUT2D eigenvalue weighted by molar-refractivity contribution is 0.0940. The number of hydrogen-bond acceptors (Lipinski definition) is 7. The van der Waals surface area contributed by atoms with Crippen molar-refractivity contribution in [3.63, 3.8) is 0 Å². The van der Waals surface area contributed by atoms with Crippen LogP contribution in [0.3, 0.4) is 0 Å². The van der Waals surface area contributed by atoms with E-state index >= 15 is 0 Å². The molecule has 1 amide bonds. The second-order valence-corrected chi connectivity index (χ2v) is 10.3. The van der Waals surface area contributed by atoms with Gasteiger partial charge in [0.2, 0.25) is 0 Å². The van der Waals surface area contributed by atoms with Gasteiger partial charge < -0.3 is 20.1 Å². The number of piperazine rings is 1. The first-order valence-electron chi connectivity index (χ1n) is 11.3. The zero-order valence-electron chi connectivity index (χ0n) is 18.9. The predicted octanol–water partition coefficient (Wildman–Crippen LogP) is 4.11. The number of para-hydroxylation sites is 1. The summed E-state index contributed by atoms with van der Waals surface area (Å²) in [6.07, 6.45) is 5.30. The Labute approximate surface area is 201 Å². The van der Waals surface area contributed by atoms with E-state index in [1.807, 2.05) is 18.3 Å². The Balaban J connectivity index is 1.36. The smallest absolute Gasteiger partial charge is 0.263 e. The predicted molar refractivity (Wildman–Crippen MR) is 136 cm³/mol. The van der Waals surface area contributed by atoms with Gasteiger partial charge in [-0.05, 0) is 25.1 Å². The van der Waals surface area contributed by atoms with Gasteiger partial charge in [-0.15, -0.1) is 11.3 Å². The Morgan fingerprint density at radius 2 is 2.06 bits per heavy atom. The minimum atomic E-state index is -0.198. The second-order valence-electron chi connectivity index (χ2n) is 8.42. The van der Waals surface area contributed by atoms with Crippen LogP contribution in [0.2, 0.25) is 0 Å². The minimum Gasteiger partial charge on any atom is -0.361 e. The maximum absolute atomic E-state index is 13.2. The van der Waals surface area contributed by atoms with Gasteiger partial charge in [-0.2, -0.15) is 0 Å². The molecule has 1 atom stereocenters. The van der Waals surface area contributed by atoms with Gasteiger partial charge in [0, 0.05) is 55.1 Å². The van der Waals surface area contributed by atoms with E-state index in [1.165, 1.54) is 22.3 Å². The SMILES string of the molecule is CCc1csc(C(Cc2c[nH]c3ccccc23)NC(=O)c2cnc(N3CCN(C)CC3)s2)n1. The monoisotopic (exact) mass is 480 g/mol. The lowest BCUT2D eigenvalue weighted by Crippen LogP contribution is -2.44. The number of hydrogen-bond donors (Lipinski definition) is 2. The Kier molecular flexibility index (Phi) is 6.43. The molecule has 0 bridgehead atoms. The topological polar surface area (TPSA) is 77.2 Å². The molecule has 0 aliphatic carbocycles. The first-order valence-corrected chi connectivity index (χ1v) is 13.0. The molecule has 1 unspecified atom stereocenters. The van der Waals surface area contributed by atoms with Crippen LogP contribution in [0, 0.1) is 0 Å². The Hall–Kier alpha value is -2.75. The highest BCUT2D eigenvalue weighted by molar-refractivity contribution is 7.17. The number of benzene rings is 1. The second kappa shape index (κ2) is 9.62. The number of nitrogens with one attached hydrogen (secondary N) is 2. The number of aryl methyl sites for hydroxylation is 1. The third-order valence-electron chi connectivity index (χ3n) is 6.13. The number of carbonyl (C=O) groups is 1. The van der Waals surface area contributed by atoms with Crippen LogP contribution in [-0.2, 0) is 12.8 Å². The number of anilines is 1. The zero-order valence-corrected chi connectivity index (χ0v) is 20.5. The average molecular weight is 481 g/mol. The molecule has 4 aromatic rings. The van der Waals surface area contributed by atoms with Gasteiger partial charge in [0.25, 0.3) is 5.91 Å². The van der Waals surface area contributed by atoms with Crippen LogP contribution in [0.25, 0.3) is 10.9 Å². The number of rotatable bonds is 7. The van der Waals surface area contributed by atoms with Crippen LogP contribution < -0.4 is 10.2 Å². The first-order chi connectivity index (χ1) is 16.1. The lowest BCUT2D eigenvalue weighted by Gasteiger charge is -2.32. The molecule has 7 nitrogen and oxygen atoms in total. The van der Waals surface area contributed by atoms with Gasteiger partial charge in [-0.1, -0.05) is 36.5 Å². The first kappa shape index (κ1) is 22.1. The van der Waals surface area contributed by atoms with Crippen LogP contribution in [0.5, 0.6) is 0 Å². The highest BCUT2D eigenvalue weighted by Gasteiger charge is 2.24. The standard InChI is InChI=1S/C24H28N6OS2/c1-3-17-15-32-23(27-17)20(12-16-13-25-19-7-5-4-6-18(16)19)28-22(31)21-14-26-24(33-21)30-10-8-29(2)9-11-30/h4-7,13-15,20,25H,3,8-12H2,1-2H3,(H,28,31). The van der Waals surface area contributed by atoms with E-state index in [9.17, 15) is 4.79 Å². The molecule has 1 fully saturated rings. The number of likely N-dealkylation sites (N-methyl/N-ethyl adjacent to an activating group) is 1. The quantitative estimate of drug-likeness (QED) is 0.416. The van der Waals surface area contributed by atoms with Gasteiger partial charge in [-0.3, -0.25) is 4.79 Å². The third-order valence-corrected chi connectivity index (χ3v) is 8.19. The summed E-state index contributed by atoms with van der Waals surface area (Å²) in [5, 5.41) is 8.38. The van der Waals surface area contributed by atoms with E-state index in [1.54, 1.807) is 17.5 Å². The molecule has 1 aromatic carbocycles. The molecule has 4 heterocycles. The zero-order chi connectivity index (χ0) is 22.8. The van der Waals surface area contributed by atoms with Crippen molar-refractivity contribution in [2.75, 3.05) is 38.1 Å². The van der Waals surface area contributed by atoms with Crippen LogP contribution in [0.4, 0.5) is 5.13 Å². The van der Waals surface area contributed by atoms with Gasteiger partial charge >= 0.3 is 0 Å². The molecule has 5 rings (SSSR count). The summed E-state index contributed by atoms with van der Waals surface area (Å²) in [5.74, 6) is -0.0917. The highest BCUT2D eigenvalue weighted by atomic mass is 32.1. The van der Waals surface area contributed by atoms with Crippen molar-refractivity contribution in [3.8, 4) is 0 Å². The molecule has 1 aliphatic rings. The number of aromatic nitrogens is 3. The van der Waals surface area contributed by atoms with Gasteiger partial charge in [0.05, 0.1) is 17.9 Å².